The number of aliphatic hydroxyl groups excluding tert-OH is 1. The number of nitriles is 1. The van der Waals surface area contributed by atoms with Crippen LogP contribution in [0.25, 0.3) is 0 Å². The van der Waals surface area contributed by atoms with Crippen molar-refractivity contribution in [3.05, 3.63) is 0 Å². The highest BCUT2D eigenvalue weighted by atomic mass is 16.3. The summed E-state index contributed by atoms with van der Waals surface area (Å²) in [4.78, 5) is 0. The molecule has 0 aromatic carbocycles. The maximum atomic E-state index is 9.61. The van der Waals surface area contributed by atoms with Crippen LogP contribution in [0.1, 0.15) is 47.0 Å². The van der Waals surface area contributed by atoms with Gasteiger partial charge in [0.25, 0.3) is 0 Å². The molecule has 0 rings (SSSR count). The van der Waals surface area contributed by atoms with Crippen molar-refractivity contribution in [3.8, 4) is 6.07 Å². The molecule has 0 radical (unpaired) electrons. The van der Waals surface area contributed by atoms with Crippen LogP contribution in [0.4, 0.5) is 0 Å². The second-order valence-electron chi connectivity index (χ2n) is 5.60. The predicted molar refractivity (Wildman–Crippen MR) is 67.0 cm³/mol. The van der Waals surface area contributed by atoms with Crippen LogP contribution in [0.3, 0.4) is 0 Å². The molecular formula is C13H26N2O. The van der Waals surface area contributed by atoms with E-state index in [-0.39, 0.29) is 11.5 Å². The van der Waals surface area contributed by atoms with Gasteiger partial charge in [-0.3, -0.25) is 0 Å². The molecule has 0 aliphatic heterocycles. The van der Waals surface area contributed by atoms with Gasteiger partial charge in [-0.15, -0.1) is 0 Å². The Morgan fingerprint density at radius 2 is 2.00 bits per heavy atom. The number of nitrogens with zero attached hydrogens (tertiary/aromatic N) is 1. The topological polar surface area (TPSA) is 56.0 Å². The number of nitrogens with one attached hydrogen (secondary N) is 1. The summed E-state index contributed by atoms with van der Waals surface area (Å²) in [5.74, 6) is 0.327. The van der Waals surface area contributed by atoms with Crippen molar-refractivity contribution in [2.45, 2.75) is 53.1 Å². The molecule has 0 aliphatic carbocycles. The third-order valence-electron chi connectivity index (χ3n) is 2.90. The zero-order valence-electron chi connectivity index (χ0n) is 11.1. The molecule has 0 fully saturated rings. The summed E-state index contributed by atoms with van der Waals surface area (Å²) < 4.78 is 0. The Morgan fingerprint density at radius 1 is 1.38 bits per heavy atom. The highest BCUT2D eigenvalue weighted by molar-refractivity contribution is 4.78. The Kier molecular flexibility index (Phi) is 7.36. The van der Waals surface area contributed by atoms with E-state index in [4.69, 9.17) is 5.26 Å². The van der Waals surface area contributed by atoms with E-state index >= 15 is 0 Å². The van der Waals surface area contributed by atoms with Gasteiger partial charge in [-0.25, -0.2) is 0 Å². The van der Waals surface area contributed by atoms with Crippen molar-refractivity contribution in [1.29, 1.82) is 5.26 Å². The summed E-state index contributed by atoms with van der Waals surface area (Å²) in [6.07, 6.45) is 2.12. The lowest BCUT2D eigenvalue weighted by Gasteiger charge is -2.24. The maximum Gasteiger partial charge on any atom is 0.0621 e. The van der Waals surface area contributed by atoms with E-state index in [9.17, 15) is 5.11 Å². The lowest BCUT2D eigenvalue weighted by Crippen LogP contribution is -2.32. The Labute approximate surface area is 99.9 Å². The second-order valence-corrected chi connectivity index (χ2v) is 5.60. The van der Waals surface area contributed by atoms with Crippen LogP contribution in [-0.4, -0.2) is 24.3 Å². The normalized spacial score (nSPS) is 13.8. The third-order valence-corrected chi connectivity index (χ3v) is 2.90. The summed E-state index contributed by atoms with van der Waals surface area (Å²) >= 11 is 0. The molecular weight excluding hydrogens is 200 g/mol. The summed E-state index contributed by atoms with van der Waals surface area (Å²) in [5.41, 5.74) is 0.165. The van der Waals surface area contributed by atoms with Gasteiger partial charge in [0.1, 0.15) is 0 Å². The molecule has 0 bridgehead atoms. The molecule has 0 aromatic heterocycles. The van der Waals surface area contributed by atoms with E-state index in [1.165, 1.54) is 0 Å². The SMILES string of the molecule is CC(C)C(O)CCNCC(C)(C)CCC#N. The first-order chi connectivity index (χ1) is 7.39. The van der Waals surface area contributed by atoms with Crippen molar-refractivity contribution in [2.24, 2.45) is 11.3 Å². The van der Waals surface area contributed by atoms with Crippen LogP contribution in [0.5, 0.6) is 0 Å². The standard InChI is InChI=1S/C13H26N2O/c1-11(2)12(16)6-9-15-10-13(3,4)7-5-8-14/h11-12,15-16H,5-7,9-10H2,1-4H3. The Bertz CT molecular complexity index is 218. The van der Waals surface area contributed by atoms with E-state index in [1.54, 1.807) is 0 Å². The van der Waals surface area contributed by atoms with Crippen molar-refractivity contribution in [3.63, 3.8) is 0 Å². The van der Waals surface area contributed by atoms with Gasteiger partial charge < -0.3 is 10.4 Å². The maximum absolute atomic E-state index is 9.61. The summed E-state index contributed by atoms with van der Waals surface area (Å²) in [7, 11) is 0. The molecule has 3 nitrogen and oxygen atoms in total. The van der Waals surface area contributed by atoms with Gasteiger partial charge in [-0.1, -0.05) is 27.7 Å². The molecule has 0 saturated heterocycles. The van der Waals surface area contributed by atoms with Crippen LogP contribution in [-0.2, 0) is 0 Å². The average Bonchev–Trinajstić information content (AvgIpc) is 2.21. The van der Waals surface area contributed by atoms with E-state index in [0.717, 1.165) is 25.9 Å². The van der Waals surface area contributed by atoms with Crippen molar-refractivity contribution < 1.29 is 5.11 Å². The van der Waals surface area contributed by atoms with E-state index < -0.39 is 0 Å². The first-order valence-corrected chi connectivity index (χ1v) is 6.15. The van der Waals surface area contributed by atoms with Gasteiger partial charge >= 0.3 is 0 Å². The molecule has 0 heterocycles. The zero-order chi connectivity index (χ0) is 12.6. The summed E-state index contributed by atoms with van der Waals surface area (Å²) in [6.45, 7) is 10.1. The van der Waals surface area contributed by atoms with Gasteiger partial charge in [0.15, 0.2) is 0 Å². The lowest BCUT2D eigenvalue weighted by molar-refractivity contribution is 0.115. The van der Waals surface area contributed by atoms with Crippen LogP contribution in [0, 0.1) is 22.7 Å². The molecule has 2 N–H and O–H groups in total. The van der Waals surface area contributed by atoms with Crippen molar-refractivity contribution in [2.75, 3.05) is 13.1 Å². The zero-order valence-corrected chi connectivity index (χ0v) is 11.1. The quantitative estimate of drug-likeness (QED) is 0.624. The molecule has 1 atom stereocenters. The smallest absolute Gasteiger partial charge is 0.0621 e. The second kappa shape index (κ2) is 7.65. The molecule has 94 valence electrons. The minimum Gasteiger partial charge on any atom is -0.393 e. The number of rotatable bonds is 8. The largest absolute Gasteiger partial charge is 0.393 e. The minimum atomic E-state index is -0.213. The third kappa shape index (κ3) is 7.67. The summed E-state index contributed by atoms with van der Waals surface area (Å²) in [5, 5.41) is 21.5. The van der Waals surface area contributed by atoms with Gasteiger partial charge in [-0.2, -0.15) is 5.26 Å². The Balaban J connectivity index is 3.61. The van der Waals surface area contributed by atoms with Crippen LogP contribution < -0.4 is 5.32 Å². The highest BCUT2D eigenvalue weighted by Crippen LogP contribution is 2.20. The van der Waals surface area contributed by atoms with Crippen LogP contribution in [0.2, 0.25) is 0 Å². The first-order valence-electron chi connectivity index (χ1n) is 6.15. The fourth-order valence-corrected chi connectivity index (χ4v) is 1.49. The monoisotopic (exact) mass is 226 g/mol. The number of hydrogen-bond acceptors (Lipinski definition) is 3. The predicted octanol–water partition coefficient (Wildman–Crippen LogP) is 2.31. The number of aliphatic hydroxyl groups is 1. The first kappa shape index (κ1) is 15.4. The van der Waals surface area contributed by atoms with Gasteiger partial charge in [0, 0.05) is 13.0 Å². The Morgan fingerprint density at radius 3 is 2.50 bits per heavy atom. The molecule has 0 spiro atoms. The minimum absolute atomic E-state index is 0.165. The fourth-order valence-electron chi connectivity index (χ4n) is 1.49. The Hall–Kier alpha value is -0.590. The number of hydrogen-bond donors (Lipinski definition) is 2. The van der Waals surface area contributed by atoms with Gasteiger partial charge in [0.2, 0.25) is 0 Å². The van der Waals surface area contributed by atoms with E-state index in [1.807, 2.05) is 13.8 Å². The summed E-state index contributed by atoms with van der Waals surface area (Å²) in [6, 6.07) is 2.18. The molecule has 0 amide bonds. The van der Waals surface area contributed by atoms with Crippen molar-refractivity contribution >= 4 is 0 Å². The van der Waals surface area contributed by atoms with Crippen LogP contribution in [0.15, 0.2) is 0 Å². The molecule has 16 heavy (non-hydrogen) atoms. The lowest BCUT2D eigenvalue weighted by atomic mass is 9.88. The highest BCUT2D eigenvalue weighted by Gasteiger charge is 2.17. The van der Waals surface area contributed by atoms with Crippen molar-refractivity contribution in [1.82, 2.24) is 5.32 Å². The van der Waals surface area contributed by atoms with E-state index in [0.29, 0.717) is 12.3 Å². The molecule has 0 aliphatic rings. The molecule has 0 saturated carbocycles. The molecule has 0 aromatic rings. The molecule has 1 unspecified atom stereocenters. The molecule has 3 heteroatoms. The fraction of sp³-hybridized carbons (Fsp3) is 0.923. The average molecular weight is 226 g/mol. The van der Waals surface area contributed by atoms with Gasteiger partial charge in [-0.05, 0) is 30.7 Å². The van der Waals surface area contributed by atoms with Gasteiger partial charge in [0.05, 0.1) is 12.2 Å². The van der Waals surface area contributed by atoms with Crippen LogP contribution >= 0.6 is 0 Å². The van der Waals surface area contributed by atoms with E-state index in [2.05, 4.69) is 25.2 Å².